The Balaban J connectivity index is 1.50. The van der Waals surface area contributed by atoms with E-state index in [1.54, 1.807) is 7.11 Å². The van der Waals surface area contributed by atoms with E-state index in [0.717, 1.165) is 44.6 Å². The topological polar surface area (TPSA) is 53.1 Å². The van der Waals surface area contributed by atoms with Crippen molar-refractivity contribution in [2.45, 2.75) is 25.4 Å². The van der Waals surface area contributed by atoms with Gasteiger partial charge < -0.3 is 14.5 Å². The summed E-state index contributed by atoms with van der Waals surface area (Å²) in [6, 6.07) is 10.2. The number of rotatable bonds is 8. The quantitative estimate of drug-likeness (QED) is 0.686. The lowest BCUT2D eigenvalue weighted by Crippen LogP contribution is -2.39. The van der Waals surface area contributed by atoms with Gasteiger partial charge in [-0.25, -0.2) is 0 Å². The van der Waals surface area contributed by atoms with Gasteiger partial charge in [0.15, 0.2) is 0 Å². The van der Waals surface area contributed by atoms with Gasteiger partial charge in [-0.05, 0) is 18.4 Å². The summed E-state index contributed by atoms with van der Waals surface area (Å²) in [5, 5.41) is 0. The molecule has 2 amide bonds. The molecule has 2 aliphatic rings. The molecule has 2 fully saturated rings. The van der Waals surface area contributed by atoms with E-state index in [9.17, 15) is 9.59 Å². The van der Waals surface area contributed by atoms with E-state index in [-0.39, 0.29) is 17.9 Å². The van der Waals surface area contributed by atoms with Gasteiger partial charge in [0.2, 0.25) is 11.8 Å². The normalized spacial score (nSPS) is 21.7. The van der Waals surface area contributed by atoms with Crippen LogP contribution < -0.4 is 0 Å². The number of hydrogen-bond donors (Lipinski definition) is 0. The Morgan fingerprint density at radius 3 is 2.57 bits per heavy atom. The van der Waals surface area contributed by atoms with Gasteiger partial charge in [-0.15, -0.1) is 0 Å². The molecule has 0 saturated carbocycles. The molecule has 0 radical (unpaired) electrons. The second-order valence-corrected chi connectivity index (χ2v) is 7.54. The lowest BCUT2D eigenvalue weighted by Gasteiger charge is -2.24. The van der Waals surface area contributed by atoms with E-state index in [1.807, 2.05) is 28.0 Å². The zero-order valence-corrected chi connectivity index (χ0v) is 16.8. The third kappa shape index (κ3) is 5.91. The lowest BCUT2D eigenvalue weighted by molar-refractivity contribution is -0.131. The summed E-state index contributed by atoms with van der Waals surface area (Å²) in [7, 11) is 1.71. The Morgan fingerprint density at radius 2 is 1.86 bits per heavy atom. The summed E-state index contributed by atoms with van der Waals surface area (Å²) in [5.41, 5.74) is 1.16. The molecule has 6 nitrogen and oxygen atoms in total. The number of carbonyl (C=O) groups excluding carboxylic acids is 2. The number of benzene rings is 1. The minimum atomic E-state index is 0.00462. The largest absolute Gasteiger partial charge is 0.378 e. The fourth-order valence-electron chi connectivity index (χ4n) is 3.85. The SMILES string of the molecule is CO[C@H]1CN(C/C=C/c2ccccc2)CC(=O)N(CCCN2CCCC2=O)C1. The van der Waals surface area contributed by atoms with Crippen LogP contribution in [0.4, 0.5) is 0 Å². The number of methoxy groups -OCH3 is 1. The first-order chi connectivity index (χ1) is 13.7. The van der Waals surface area contributed by atoms with Crippen molar-refractivity contribution in [3.8, 4) is 0 Å². The third-order valence-corrected chi connectivity index (χ3v) is 5.43. The number of likely N-dealkylation sites (tertiary alicyclic amines) is 1. The molecule has 2 aliphatic heterocycles. The first-order valence-corrected chi connectivity index (χ1v) is 10.2. The summed E-state index contributed by atoms with van der Waals surface area (Å²) in [6.07, 6.45) is 6.64. The molecule has 1 aromatic rings. The molecule has 0 aliphatic carbocycles. The van der Waals surface area contributed by atoms with Crippen LogP contribution in [0, 0.1) is 0 Å². The highest BCUT2D eigenvalue weighted by atomic mass is 16.5. The third-order valence-electron chi connectivity index (χ3n) is 5.43. The smallest absolute Gasteiger partial charge is 0.236 e. The van der Waals surface area contributed by atoms with Gasteiger partial charge in [0.1, 0.15) is 0 Å². The van der Waals surface area contributed by atoms with Crippen LogP contribution in [0.15, 0.2) is 36.4 Å². The maximum absolute atomic E-state index is 12.7. The molecular formula is C22H31N3O3. The van der Waals surface area contributed by atoms with E-state index in [4.69, 9.17) is 4.74 Å². The molecular weight excluding hydrogens is 354 g/mol. The van der Waals surface area contributed by atoms with Crippen molar-refractivity contribution in [1.82, 2.24) is 14.7 Å². The first kappa shape index (κ1) is 20.6. The lowest BCUT2D eigenvalue weighted by atomic mass is 10.2. The van der Waals surface area contributed by atoms with Crippen molar-refractivity contribution in [3.63, 3.8) is 0 Å². The highest BCUT2D eigenvalue weighted by Crippen LogP contribution is 2.12. The van der Waals surface area contributed by atoms with Crippen molar-refractivity contribution in [3.05, 3.63) is 42.0 Å². The molecule has 0 spiro atoms. The van der Waals surface area contributed by atoms with Crippen molar-refractivity contribution >= 4 is 17.9 Å². The second-order valence-electron chi connectivity index (χ2n) is 7.54. The molecule has 3 rings (SSSR count). The minimum absolute atomic E-state index is 0.00462. The zero-order chi connectivity index (χ0) is 19.8. The molecule has 1 aromatic carbocycles. The van der Waals surface area contributed by atoms with Gasteiger partial charge >= 0.3 is 0 Å². The maximum Gasteiger partial charge on any atom is 0.236 e. The summed E-state index contributed by atoms with van der Waals surface area (Å²) >= 11 is 0. The van der Waals surface area contributed by atoms with Crippen LogP contribution in [-0.4, -0.2) is 85.5 Å². The number of carbonyl (C=O) groups is 2. The Labute approximate surface area is 167 Å². The van der Waals surface area contributed by atoms with Gasteiger partial charge in [0, 0.05) is 52.8 Å². The van der Waals surface area contributed by atoms with Crippen LogP contribution in [0.3, 0.4) is 0 Å². The van der Waals surface area contributed by atoms with Crippen LogP contribution in [-0.2, 0) is 14.3 Å². The van der Waals surface area contributed by atoms with Crippen molar-refractivity contribution < 1.29 is 14.3 Å². The van der Waals surface area contributed by atoms with Crippen molar-refractivity contribution in [2.24, 2.45) is 0 Å². The maximum atomic E-state index is 12.7. The van der Waals surface area contributed by atoms with E-state index in [0.29, 0.717) is 26.1 Å². The molecule has 2 saturated heterocycles. The second kappa shape index (κ2) is 10.4. The molecule has 0 bridgehead atoms. The number of amides is 2. The van der Waals surface area contributed by atoms with Gasteiger partial charge in [-0.1, -0.05) is 42.5 Å². The minimum Gasteiger partial charge on any atom is -0.378 e. The average molecular weight is 386 g/mol. The molecule has 2 heterocycles. The van der Waals surface area contributed by atoms with Gasteiger partial charge in [0.05, 0.1) is 12.6 Å². The Bertz CT molecular complexity index is 677. The zero-order valence-electron chi connectivity index (χ0n) is 16.8. The highest BCUT2D eigenvalue weighted by molar-refractivity contribution is 5.79. The van der Waals surface area contributed by atoms with Crippen LogP contribution in [0.2, 0.25) is 0 Å². The molecule has 6 heteroatoms. The molecule has 152 valence electrons. The van der Waals surface area contributed by atoms with Crippen molar-refractivity contribution in [1.29, 1.82) is 0 Å². The first-order valence-electron chi connectivity index (χ1n) is 10.2. The summed E-state index contributed by atoms with van der Waals surface area (Å²) in [4.78, 5) is 30.4. The van der Waals surface area contributed by atoms with Crippen molar-refractivity contribution in [2.75, 3.05) is 52.9 Å². The predicted octanol–water partition coefficient (Wildman–Crippen LogP) is 1.87. The average Bonchev–Trinajstić information content (AvgIpc) is 3.04. The van der Waals surface area contributed by atoms with Crippen LogP contribution in [0.1, 0.15) is 24.8 Å². The Morgan fingerprint density at radius 1 is 1.07 bits per heavy atom. The van der Waals surface area contributed by atoms with Crippen LogP contribution in [0.5, 0.6) is 0 Å². The van der Waals surface area contributed by atoms with E-state index >= 15 is 0 Å². The highest BCUT2D eigenvalue weighted by Gasteiger charge is 2.27. The Hall–Kier alpha value is -2.18. The van der Waals surface area contributed by atoms with E-state index in [1.165, 1.54) is 0 Å². The summed E-state index contributed by atoms with van der Waals surface area (Å²) < 4.78 is 5.62. The number of ether oxygens (including phenoxy) is 1. The van der Waals surface area contributed by atoms with Crippen LogP contribution in [0.25, 0.3) is 6.08 Å². The molecule has 0 N–H and O–H groups in total. The predicted molar refractivity (Wildman–Crippen MR) is 110 cm³/mol. The fraction of sp³-hybridized carbons (Fsp3) is 0.545. The molecule has 0 aromatic heterocycles. The summed E-state index contributed by atoms with van der Waals surface area (Å²) in [5.74, 6) is 0.383. The molecule has 28 heavy (non-hydrogen) atoms. The number of hydrogen-bond acceptors (Lipinski definition) is 4. The number of nitrogens with zero attached hydrogens (tertiary/aromatic N) is 3. The molecule has 1 atom stereocenters. The monoisotopic (exact) mass is 385 g/mol. The summed E-state index contributed by atoms with van der Waals surface area (Å²) in [6.45, 7) is 4.75. The van der Waals surface area contributed by atoms with Crippen LogP contribution >= 0.6 is 0 Å². The Kier molecular flexibility index (Phi) is 7.62. The van der Waals surface area contributed by atoms with Gasteiger partial charge in [-0.3, -0.25) is 14.5 Å². The van der Waals surface area contributed by atoms with E-state index < -0.39 is 0 Å². The van der Waals surface area contributed by atoms with Gasteiger partial charge in [-0.2, -0.15) is 0 Å². The van der Waals surface area contributed by atoms with E-state index in [2.05, 4.69) is 29.2 Å². The van der Waals surface area contributed by atoms with Gasteiger partial charge in [0.25, 0.3) is 0 Å². The standard InChI is InChI=1S/C22H31N3O3/c1-28-20-16-23(12-5-10-19-8-3-2-4-9-19)18-22(27)25(17-20)15-7-14-24-13-6-11-21(24)26/h2-5,8-10,20H,6-7,11-18H2,1H3/b10-5+/t20-/m0/s1. The molecule has 0 unspecified atom stereocenters. The fourth-order valence-corrected chi connectivity index (χ4v) is 3.85.